The number of hydroxylamine groups is 2. The first kappa shape index (κ1) is 16.1. The van der Waals surface area contributed by atoms with E-state index < -0.39 is 22.1 Å². The Balaban J connectivity index is 1.29. The van der Waals surface area contributed by atoms with E-state index in [1.807, 2.05) is 0 Å². The molecule has 2 atom stereocenters. The molecule has 4 rings (SSSR count). The van der Waals surface area contributed by atoms with Crippen molar-refractivity contribution in [3.8, 4) is 0 Å². The van der Waals surface area contributed by atoms with E-state index in [4.69, 9.17) is 0 Å². The standard InChI is InChI=1S/C14H22N4O5S/c1-24(22,23)16-7-14(8-16)4-9(5-14)15-12(19)11-3-2-10-6-17(11)13(20)18(10)21/h9-11,21H,2-8H2,1H3,(H,15,19)/t10-,11+/m1/s1. The van der Waals surface area contributed by atoms with Crippen LogP contribution in [0.3, 0.4) is 0 Å². The number of urea groups is 1. The topological polar surface area (TPSA) is 110 Å². The van der Waals surface area contributed by atoms with Crippen molar-refractivity contribution in [3.05, 3.63) is 0 Å². The number of sulfonamides is 1. The molecule has 9 nitrogen and oxygen atoms in total. The van der Waals surface area contributed by atoms with Crippen LogP contribution in [0.2, 0.25) is 0 Å². The van der Waals surface area contributed by atoms with Crippen LogP contribution in [0.15, 0.2) is 0 Å². The van der Waals surface area contributed by atoms with Crippen LogP contribution in [0.4, 0.5) is 4.79 Å². The van der Waals surface area contributed by atoms with Crippen LogP contribution in [0.5, 0.6) is 0 Å². The highest BCUT2D eigenvalue weighted by Crippen LogP contribution is 2.49. The van der Waals surface area contributed by atoms with E-state index >= 15 is 0 Å². The van der Waals surface area contributed by atoms with Gasteiger partial charge in [0.05, 0.1) is 12.3 Å². The first-order chi connectivity index (χ1) is 11.2. The average Bonchev–Trinajstić information content (AvgIpc) is 2.63. The zero-order valence-electron chi connectivity index (χ0n) is 13.5. The monoisotopic (exact) mass is 358 g/mol. The molecule has 1 spiro atoms. The van der Waals surface area contributed by atoms with Crippen LogP contribution in [-0.4, -0.2) is 83.8 Å². The normalized spacial score (nSPS) is 32.7. The van der Waals surface area contributed by atoms with E-state index in [2.05, 4.69) is 5.32 Å². The van der Waals surface area contributed by atoms with Crippen LogP contribution in [-0.2, 0) is 14.8 Å². The quantitative estimate of drug-likeness (QED) is 0.641. The second-order valence-corrected chi connectivity index (χ2v) is 9.65. The van der Waals surface area contributed by atoms with E-state index in [0.717, 1.165) is 17.9 Å². The molecular weight excluding hydrogens is 336 g/mol. The van der Waals surface area contributed by atoms with Crippen molar-refractivity contribution < 1.29 is 23.2 Å². The molecule has 3 aliphatic heterocycles. The molecule has 0 aromatic carbocycles. The Bertz CT molecular complexity index is 681. The summed E-state index contributed by atoms with van der Waals surface area (Å²) in [5.41, 5.74) is 0.0179. The Kier molecular flexibility index (Phi) is 3.39. The molecule has 4 aliphatic rings. The molecule has 0 aromatic heterocycles. The SMILES string of the molecule is CS(=O)(=O)N1CC2(CC(NC(=O)[C@@H]3CC[C@@H]4CN3C(=O)N4O)C2)C1. The first-order valence-corrected chi connectivity index (χ1v) is 10.1. The van der Waals surface area contributed by atoms with Gasteiger partial charge in [0, 0.05) is 31.1 Å². The van der Waals surface area contributed by atoms with Gasteiger partial charge in [0.15, 0.2) is 0 Å². The van der Waals surface area contributed by atoms with Gasteiger partial charge in [-0.1, -0.05) is 0 Å². The van der Waals surface area contributed by atoms with E-state index in [1.165, 1.54) is 15.5 Å². The lowest BCUT2D eigenvalue weighted by Gasteiger charge is -2.58. The number of nitrogens with one attached hydrogen (secondary N) is 1. The van der Waals surface area contributed by atoms with Crippen LogP contribution in [0.1, 0.15) is 25.7 Å². The third-order valence-corrected chi connectivity index (χ3v) is 7.04. The van der Waals surface area contributed by atoms with E-state index in [9.17, 15) is 23.2 Å². The summed E-state index contributed by atoms with van der Waals surface area (Å²) in [6.07, 6.45) is 3.94. The van der Waals surface area contributed by atoms with Crippen molar-refractivity contribution >= 4 is 22.0 Å². The van der Waals surface area contributed by atoms with E-state index in [0.29, 0.717) is 32.5 Å². The smallest absolute Gasteiger partial charge is 0.344 e. The molecule has 3 heterocycles. The summed E-state index contributed by atoms with van der Waals surface area (Å²) in [6.45, 7) is 1.46. The second-order valence-electron chi connectivity index (χ2n) is 7.67. The van der Waals surface area contributed by atoms with Gasteiger partial charge in [-0.3, -0.25) is 10.0 Å². The fourth-order valence-corrected chi connectivity index (χ4v) is 5.52. The van der Waals surface area contributed by atoms with Gasteiger partial charge in [0.2, 0.25) is 15.9 Å². The molecule has 4 fully saturated rings. The number of hydrogen-bond acceptors (Lipinski definition) is 5. The number of piperidine rings is 1. The predicted molar refractivity (Wildman–Crippen MR) is 82.6 cm³/mol. The Labute approximate surface area is 140 Å². The predicted octanol–water partition coefficient (Wildman–Crippen LogP) is -0.816. The maximum Gasteiger partial charge on any atom is 0.344 e. The molecule has 1 aliphatic carbocycles. The molecule has 0 unspecified atom stereocenters. The number of carbonyl (C=O) groups is 2. The van der Waals surface area contributed by atoms with Gasteiger partial charge in [-0.15, -0.1) is 0 Å². The average molecular weight is 358 g/mol. The Morgan fingerprint density at radius 2 is 1.96 bits per heavy atom. The van der Waals surface area contributed by atoms with Crippen molar-refractivity contribution in [1.82, 2.24) is 19.6 Å². The van der Waals surface area contributed by atoms with Crippen molar-refractivity contribution in [2.45, 2.75) is 43.8 Å². The maximum absolute atomic E-state index is 12.5. The molecule has 0 radical (unpaired) electrons. The second kappa shape index (κ2) is 5.06. The molecule has 2 N–H and O–H groups in total. The maximum atomic E-state index is 12.5. The summed E-state index contributed by atoms with van der Waals surface area (Å²) < 4.78 is 24.3. The highest BCUT2D eigenvalue weighted by Gasteiger charge is 2.55. The highest BCUT2D eigenvalue weighted by atomic mass is 32.2. The first-order valence-electron chi connectivity index (χ1n) is 8.23. The Hall–Kier alpha value is -1.39. The van der Waals surface area contributed by atoms with Crippen molar-refractivity contribution in [1.29, 1.82) is 0 Å². The molecule has 3 amide bonds. The molecule has 2 bridgehead atoms. The Morgan fingerprint density at radius 1 is 1.29 bits per heavy atom. The number of amides is 3. The van der Waals surface area contributed by atoms with Crippen molar-refractivity contribution in [2.24, 2.45) is 5.41 Å². The molecule has 10 heteroatoms. The van der Waals surface area contributed by atoms with Gasteiger partial charge in [-0.25, -0.2) is 22.6 Å². The minimum Gasteiger partial charge on any atom is -0.352 e. The van der Waals surface area contributed by atoms with Gasteiger partial charge in [-0.2, -0.15) is 0 Å². The number of rotatable bonds is 3. The summed E-state index contributed by atoms with van der Waals surface area (Å²) in [5, 5.41) is 13.4. The largest absolute Gasteiger partial charge is 0.352 e. The van der Waals surface area contributed by atoms with Gasteiger partial charge < -0.3 is 10.2 Å². The van der Waals surface area contributed by atoms with Crippen molar-refractivity contribution in [2.75, 3.05) is 25.9 Å². The minimum absolute atomic E-state index is 0.0179. The van der Waals surface area contributed by atoms with Crippen LogP contribution < -0.4 is 5.32 Å². The molecule has 134 valence electrons. The third-order valence-electron chi connectivity index (χ3n) is 5.84. The number of carbonyl (C=O) groups excluding carboxylic acids is 2. The zero-order valence-corrected chi connectivity index (χ0v) is 14.3. The summed E-state index contributed by atoms with van der Waals surface area (Å²) in [6, 6.07) is -1.17. The van der Waals surface area contributed by atoms with E-state index in [-0.39, 0.29) is 23.4 Å². The van der Waals surface area contributed by atoms with Crippen molar-refractivity contribution in [3.63, 3.8) is 0 Å². The molecule has 24 heavy (non-hydrogen) atoms. The lowest BCUT2D eigenvalue weighted by Crippen LogP contribution is -2.68. The summed E-state index contributed by atoms with van der Waals surface area (Å²) in [7, 11) is -3.11. The fourth-order valence-electron chi connectivity index (χ4n) is 4.50. The summed E-state index contributed by atoms with van der Waals surface area (Å²) >= 11 is 0. The van der Waals surface area contributed by atoms with E-state index in [1.54, 1.807) is 0 Å². The van der Waals surface area contributed by atoms with Gasteiger partial charge >= 0.3 is 6.03 Å². The molecule has 3 saturated heterocycles. The summed E-state index contributed by atoms with van der Waals surface area (Å²) in [4.78, 5) is 25.8. The number of hydrogen-bond donors (Lipinski definition) is 2. The zero-order chi connectivity index (χ0) is 17.3. The van der Waals surface area contributed by atoms with Crippen LogP contribution in [0.25, 0.3) is 0 Å². The van der Waals surface area contributed by atoms with Gasteiger partial charge in [-0.05, 0) is 25.7 Å². The lowest BCUT2D eigenvalue weighted by atomic mass is 9.61. The minimum atomic E-state index is -3.11. The summed E-state index contributed by atoms with van der Waals surface area (Å²) in [5.74, 6) is -0.170. The van der Waals surface area contributed by atoms with Crippen LogP contribution >= 0.6 is 0 Å². The Morgan fingerprint density at radius 3 is 2.58 bits per heavy atom. The lowest BCUT2D eigenvalue weighted by molar-refractivity contribution is -0.130. The highest BCUT2D eigenvalue weighted by molar-refractivity contribution is 7.88. The third kappa shape index (κ3) is 2.39. The van der Waals surface area contributed by atoms with Crippen LogP contribution in [0, 0.1) is 5.41 Å². The molecular formula is C14H22N4O5S. The molecule has 0 aromatic rings. The van der Waals surface area contributed by atoms with Gasteiger partial charge in [0.1, 0.15) is 6.04 Å². The number of fused-ring (bicyclic) bond motifs is 2. The fraction of sp³-hybridized carbons (Fsp3) is 0.857. The van der Waals surface area contributed by atoms with Gasteiger partial charge in [0.25, 0.3) is 0 Å². The number of nitrogens with zero attached hydrogens (tertiary/aromatic N) is 3. The molecule has 1 saturated carbocycles.